The molecule has 22 heavy (non-hydrogen) atoms. The van der Waals surface area contributed by atoms with E-state index in [1.165, 1.54) is 28.7 Å². The van der Waals surface area contributed by atoms with Gasteiger partial charge in [-0.15, -0.1) is 16.8 Å². The molecule has 2 rings (SSSR count). The van der Waals surface area contributed by atoms with E-state index >= 15 is 0 Å². The Bertz CT molecular complexity index is 637. The smallest absolute Gasteiger partial charge is 0.206 e. The van der Waals surface area contributed by atoms with Crippen LogP contribution in [0.1, 0.15) is 29.8 Å². The van der Waals surface area contributed by atoms with Crippen molar-refractivity contribution < 1.29 is 4.79 Å². The Kier molecular flexibility index (Phi) is 6.15. The van der Waals surface area contributed by atoms with Crippen LogP contribution in [0, 0.1) is 0 Å². The SMILES string of the molecule is C=CCNc1nnc(SC(C)C(=O)c2ccc(CC)cc2)s1. The molecule has 0 aliphatic rings. The van der Waals surface area contributed by atoms with Gasteiger partial charge in [0.05, 0.1) is 5.25 Å². The van der Waals surface area contributed by atoms with Crippen molar-refractivity contribution in [2.75, 3.05) is 11.9 Å². The summed E-state index contributed by atoms with van der Waals surface area (Å²) < 4.78 is 0.789. The van der Waals surface area contributed by atoms with Gasteiger partial charge in [-0.3, -0.25) is 4.79 Å². The monoisotopic (exact) mass is 333 g/mol. The maximum Gasteiger partial charge on any atom is 0.206 e. The molecule has 0 aliphatic heterocycles. The summed E-state index contributed by atoms with van der Waals surface area (Å²) in [6.45, 7) is 8.30. The Morgan fingerprint density at radius 2 is 2.14 bits per heavy atom. The van der Waals surface area contributed by atoms with E-state index in [1.807, 2.05) is 31.2 Å². The third-order valence-electron chi connectivity index (χ3n) is 3.10. The molecule has 1 unspecified atom stereocenters. The number of Topliss-reactive ketones (excluding diaryl/α,β-unsaturated/α-hetero) is 1. The summed E-state index contributed by atoms with van der Waals surface area (Å²) in [5.74, 6) is 0.114. The predicted octanol–water partition coefficient (Wildman–Crippen LogP) is 4.06. The average Bonchev–Trinajstić information content (AvgIpc) is 2.99. The van der Waals surface area contributed by atoms with Gasteiger partial charge in [-0.1, -0.05) is 60.4 Å². The normalized spacial score (nSPS) is 11.9. The van der Waals surface area contributed by atoms with Crippen LogP contribution in [0.15, 0.2) is 41.3 Å². The van der Waals surface area contributed by atoms with Crippen LogP contribution in [0.25, 0.3) is 0 Å². The number of aryl methyl sites for hydroxylation is 1. The molecule has 0 spiro atoms. The number of anilines is 1. The molecule has 116 valence electrons. The minimum atomic E-state index is -0.187. The van der Waals surface area contributed by atoms with Crippen molar-refractivity contribution in [3.8, 4) is 0 Å². The molecule has 0 radical (unpaired) electrons. The fraction of sp³-hybridized carbons (Fsp3) is 0.312. The van der Waals surface area contributed by atoms with Crippen molar-refractivity contribution in [3.63, 3.8) is 0 Å². The molecule has 0 bridgehead atoms. The standard InChI is InChI=1S/C16H19N3OS2/c1-4-10-17-15-18-19-16(22-15)21-11(3)14(20)13-8-6-12(5-2)7-9-13/h4,6-9,11H,1,5,10H2,2-3H3,(H,17,18). The topological polar surface area (TPSA) is 54.9 Å². The Morgan fingerprint density at radius 1 is 1.41 bits per heavy atom. The third-order valence-corrected chi connectivity index (χ3v) is 5.16. The van der Waals surface area contributed by atoms with E-state index in [0.29, 0.717) is 6.54 Å². The molecule has 6 heteroatoms. The van der Waals surface area contributed by atoms with Crippen molar-refractivity contribution in [1.82, 2.24) is 10.2 Å². The van der Waals surface area contributed by atoms with E-state index in [4.69, 9.17) is 0 Å². The van der Waals surface area contributed by atoms with Crippen LogP contribution in [-0.4, -0.2) is 27.8 Å². The van der Waals surface area contributed by atoms with E-state index in [1.54, 1.807) is 6.08 Å². The molecule has 0 saturated heterocycles. The predicted molar refractivity (Wildman–Crippen MR) is 94.1 cm³/mol. The number of hydrogen-bond donors (Lipinski definition) is 1. The second-order valence-corrected chi connectivity index (χ2v) is 7.28. The molecule has 1 atom stereocenters. The molecule has 0 saturated carbocycles. The molecule has 2 aromatic rings. The van der Waals surface area contributed by atoms with Crippen LogP contribution in [0.4, 0.5) is 5.13 Å². The molecule has 1 N–H and O–H groups in total. The van der Waals surface area contributed by atoms with Gasteiger partial charge in [0.15, 0.2) is 10.1 Å². The van der Waals surface area contributed by atoms with E-state index in [0.717, 1.165) is 21.5 Å². The van der Waals surface area contributed by atoms with Crippen molar-refractivity contribution in [2.45, 2.75) is 29.9 Å². The van der Waals surface area contributed by atoms with Gasteiger partial charge >= 0.3 is 0 Å². The largest absolute Gasteiger partial charge is 0.357 e. The lowest BCUT2D eigenvalue weighted by atomic mass is 10.1. The molecule has 0 amide bonds. The lowest BCUT2D eigenvalue weighted by Gasteiger charge is -2.08. The Balaban J connectivity index is 1.98. The number of nitrogens with one attached hydrogen (secondary N) is 1. The van der Waals surface area contributed by atoms with Gasteiger partial charge in [-0.25, -0.2) is 0 Å². The van der Waals surface area contributed by atoms with Crippen LogP contribution in [-0.2, 0) is 6.42 Å². The van der Waals surface area contributed by atoms with Crippen molar-refractivity contribution >= 4 is 34.0 Å². The first kappa shape index (κ1) is 16.7. The summed E-state index contributed by atoms with van der Waals surface area (Å²) in [6.07, 6.45) is 2.74. The summed E-state index contributed by atoms with van der Waals surface area (Å²) in [7, 11) is 0. The maximum absolute atomic E-state index is 12.4. The number of carbonyl (C=O) groups is 1. The molecule has 1 aromatic carbocycles. The second kappa shape index (κ2) is 8.10. The molecule has 0 aliphatic carbocycles. The number of ketones is 1. The number of benzene rings is 1. The van der Waals surface area contributed by atoms with Crippen LogP contribution in [0.2, 0.25) is 0 Å². The van der Waals surface area contributed by atoms with Gasteiger partial charge in [0.25, 0.3) is 0 Å². The molecule has 1 heterocycles. The lowest BCUT2D eigenvalue weighted by molar-refractivity contribution is 0.0994. The highest BCUT2D eigenvalue weighted by Gasteiger charge is 2.18. The molecular weight excluding hydrogens is 314 g/mol. The van der Waals surface area contributed by atoms with Gasteiger partial charge in [0.2, 0.25) is 5.13 Å². The first-order chi connectivity index (χ1) is 10.6. The number of thioether (sulfide) groups is 1. The van der Waals surface area contributed by atoms with Crippen LogP contribution in [0.5, 0.6) is 0 Å². The number of nitrogens with zero attached hydrogens (tertiary/aromatic N) is 2. The first-order valence-corrected chi connectivity index (χ1v) is 8.81. The van der Waals surface area contributed by atoms with E-state index < -0.39 is 0 Å². The van der Waals surface area contributed by atoms with Crippen molar-refractivity contribution in [1.29, 1.82) is 0 Å². The highest BCUT2D eigenvalue weighted by Crippen LogP contribution is 2.30. The highest BCUT2D eigenvalue weighted by atomic mass is 32.2. The zero-order valence-corrected chi connectivity index (χ0v) is 14.3. The van der Waals surface area contributed by atoms with Crippen LogP contribution < -0.4 is 5.32 Å². The maximum atomic E-state index is 12.4. The van der Waals surface area contributed by atoms with Gasteiger partial charge < -0.3 is 5.32 Å². The van der Waals surface area contributed by atoms with Crippen LogP contribution >= 0.6 is 23.1 Å². The number of hydrogen-bond acceptors (Lipinski definition) is 6. The van der Waals surface area contributed by atoms with Crippen LogP contribution in [0.3, 0.4) is 0 Å². The number of aromatic nitrogens is 2. The summed E-state index contributed by atoms with van der Waals surface area (Å²) in [5.41, 5.74) is 1.98. The fourth-order valence-electron chi connectivity index (χ4n) is 1.83. The fourth-order valence-corrected chi connectivity index (χ4v) is 3.81. The molecule has 1 aromatic heterocycles. The molecular formula is C16H19N3OS2. The minimum absolute atomic E-state index is 0.114. The highest BCUT2D eigenvalue weighted by molar-refractivity contribution is 8.02. The minimum Gasteiger partial charge on any atom is -0.357 e. The quantitative estimate of drug-likeness (QED) is 0.448. The lowest BCUT2D eigenvalue weighted by Crippen LogP contribution is -2.13. The average molecular weight is 333 g/mol. The van der Waals surface area contributed by atoms with E-state index in [2.05, 4.69) is 29.0 Å². The van der Waals surface area contributed by atoms with Gasteiger partial charge in [0, 0.05) is 12.1 Å². The zero-order chi connectivity index (χ0) is 15.9. The van der Waals surface area contributed by atoms with Gasteiger partial charge in [-0.05, 0) is 18.9 Å². The third kappa shape index (κ3) is 4.42. The Morgan fingerprint density at radius 3 is 2.77 bits per heavy atom. The van der Waals surface area contributed by atoms with E-state index in [-0.39, 0.29) is 11.0 Å². The summed E-state index contributed by atoms with van der Waals surface area (Å²) in [5, 5.41) is 11.8. The first-order valence-electron chi connectivity index (χ1n) is 7.12. The Labute approximate surface area is 139 Å². The van der Waals surface area contributed by atoms with Gasteiger partial charge in [0.1, 0.15) is 0 Å². The molecule has 4 nitrogen and oxygen atoms in total. The second-order valence-electron chi connectivity index (χ2n) is 4.72. The summed E-state index contributed by atoms with van der Waals surface area (Å²) in [4.78, 5) is 12.4. The summed E-state index contributed by atoms with van der Waals surface area (Å²) in [6, 6.07) is 7.81. The number of rotatable bonds is 8. The summed E-state index contributed by atoms with van der Waals surface area (Å²) >= 11 is 2.89. The Hall–Kier alpha value is -1.66. The van der Waals surface area contributed by atoms with Gasteiger partial charge in [-0.2, -0.15) is 0 Å². The molecule has 0 fully saturated rings. The van der Waals surface area contributed by atoms with Crippen molar-refractivity contribution in [2.24, 2.45) is 0 Å². The zero-order valence-electron chi connectivity index (χ0n) is 12.7. The van der Waals surface area contributed by atoms with E-state index in [9.17, 15) is 4.79 Å². The number of carbonyl (C=O) groups excluding carboxylic acids is 1. The van der Waals surface area contributed by atoms with Crippen molar-refractivity contribution in [3.05, 3.63) is 48.0 Å².